The smallest absolute Gasteiger partial charge is 0.339 e. The lowest BCUT2D eigenvalue weighted by Gasteiger charge is -2.07. The summed E-state index contributed by atoms with van der Waals surface area (Å²) in [6.07, 6.45) is 0. The third-order valence-electron chi connectivity index (χ3n) is 2.64. The number of benzene rings is 1. The maximum Gasteiger partial charge on any atom is 0.339 e. The van der Waals surface area contributed by atoms with E-state index >= 15 is 0 Å². The van der Waals surface area contributed by atoms with E-state index in [4.69, 9.17) is 14.4 Å². The molecule has 0 aliphatic heterocycles. The summed E-state index contributed by atoms with van der Waals surface area (Å²) in [6, 6.07) is 3.60. The average molecular weight is 312 g/mol. The third-order valence-corrected chi connectivity index (χ3v) is 4.24. The Labute approximate surface area is 120 Å². The minimum atomic E-state index is -3.80. The standard InChI is InChI=1S/C12H12N2O6S/c1-7-13-11(20-14-7)6-21(17,18)8-3-4-10(19-2)9(5-8)12(15)16/h3-5H,6H2,1-2H3,(H,15,16). The summed E-state index contributed by atoms with van der Waals surface area (Å²) in [7, 11) is -2.49. The molecule has 21 heavy (non-hydrogen) atoms. The fourth-order valence-corrected chi connectivity index (χ4v) is 2.87. The number of aryl methyl sites for hydroxylation is 1. The van der Waals surface area contributed by atoms with Crippen LogP contribution in [0.4, 0.5) is 0 Å². The molecule has 1 aromatic heterocycles. The van der Waals surface area contributed by atoms with Crippen LogP contribution >= 0.6 is 0 Å². The number of nitrogens with zero attached hydrogens (tertiary/aromatic N) is 2. The first-order valence-electron chi connectivity index (χ1n) is 5.77. The van der Waals surface area contributed by atoms with Gasteiger partial charge in [-0.25, -0.2) is 13.2 Å². The lowest BCUT2D eigenvalue weighted by atomic mass is 10.2. The summed E-state index contributed by atoms with van der Waals surface area (Å²) < 4.78 is 34.1. The van der Waals surface area contributed by atoms with Gasteiger partial charge >= 0.3 is 5.97 Å². The number of aromatic carboxylic acids is 1. The molecule has 0 spiro atoms. The number of carboxylic acid groups (broad SMARTS) is 1. The lowest BCUT2D eigenvalue weighted by Crippen LogP contribution is -2.08. The van der Waals surface area contributed by atoms with Crippen molar-refractivity contribution < 1.29 is 27.6 Å². The fourth-order valence-electron chi connectivity index (χ4n) is 1.69. The molecule has 0 bridgehead atoms. The Balaban J connectivity index is 2.40. The Hall–Kier alpha value is -2.42. The van der Waals surface area contributed by atoms with Crippen LogP contribution in [0.2, 0.25) is 0 Å². The summed E-state index contributed by atoms with van der Waals surface area (Å²) >= 11 is 0. The molecule has 112 valence electrons. The van der Waals surface area contributed by atoms with Crippen molar-refractivity contribution in [1.82, 2.24) is 10.1 Å². The highest BCUT2D eigenvalue weighted by atomic mass is 32.2. The van der Waals surface area contributed by atoms with E-state index < -0.39 is 21.6 Å². The first kappa shape index (κ1) is 15.0. The summed E-state index contributed by atoms with van der Waals surface area (Å²) in [4.78, 5) is 14.8. The molecule has 0 aliphatic rings. The Kier molecular flexibility index (Phi) is 3.94. The van der Waals surface area contributed by atoms with Gasteiger partial charge in [0.1, 0.15) is 17.1 Å². The summed E-state index contributed by atoms with van der Waals surface area (Å²) in [5.41, 5.74) is -0.236. The molecule has 9 heteroatoms. The topological polar surface area (TPSA) is 120 Å². The highest BCUT2D eigenvalue weighted by Gasteiger charge is 2.22. The van der Waals surface area contributed by atoms with Gasteiger partial charge in [0.15, 0.2) is 15.7 Å². The average Bonchev–Trinajstić information content (AvgIpc) is 2.82. The van der Waals surface area contributed by atoms with Gasteiger partial charge < -0.3 is 14.4 Å². The second kappa shape index (κ2) is 5.52. The highest BCUT2D eigenvalue weighted by Crippen LogP contribution is 2.24. The van der Waals surface area contributed by atoms with E-state index in [-0.39, 0.29) is 22.1 Å². The van der Waals surface area contributed by atoms with Crippen LogP contribution in [0.5, 0.6) is 5.75 Å². The maximum absolute atomic E-state index is 12.2. The number of methoxy groups -OCH3 is 1. The molecule has 0 fully saturated rings. The van der Waals surface area contributed by atoms with Crippen molar-refractivity contribution in [1.29, 1.82) is 0 Å². The van der Waals surface area contributed by atoms with Crippen LogP contribution in [0.3, 0.4) is 0 Å². The van der Waals surface area contributed by atoms with Gasteiger partial charge in [-0.05, 0) is 25.1 Å². The van der Waals surface area contributed by atoms with Gasteiger partial charge in [0, 0.05) is 0 Å². The molecule has 0 saturated carbocycles. The normalized spacial score (nSPS) is 11.3. The molecule has 1 N–H and O–H groups in total. The van der Waals surface area contributed by atoms with Gasteiger partial charge in [0.05, 0.1) is 12.0 Å². The van der Waals surface area contributed by atoms with Crippen LogP contribution in [0.25, 0.3) is 0 Å². The molecule has 0 aliphatic carbocycles. The van der Waals surface area contributed by atoms with Gasteiger partial charge in [-0.2, -0.15) is 4.98 Å². The fraction of sp³-hybridized carbons (Fsp3) is 0.250. The SMILES string of the molecule is COc1ccc(S(=O)(=O)Cc2nc(C)no2)cc1C(=O)O. The lowest BCUT2D eigenvalue weighted by molar-refractivity contribution is 0.0693. The minimum Gasteiger partial charge on any atom is -0.496 e. The van der Waals surface area contributed by atoms with E-state index in [1.165, 1.54) is 19.2 Å². The molecule has 2 aromatic rings. The van der Waals surface area contributed by atoms with Crippen molar-refractivity contribution in [2.24, 2.45) is 0 Å². The number of rotatable bonds is 5. The molecule has 1 heterocycles. The molecular weight excluding hydrogens is 300 g/mol. The van der Waals surface area contributed by atoms with Crippen molar-refractivity contribution in [3.63, 3.8) is 0 Å². The number of hydrogen-bond donors (Lipinski definition) is 1. The van der Waals surface area contributed by atoms with Crippen LogP contribution in [-0.2, 0) is 15.6 Å². The Morgan fingerprint density at radius 2 is 2.14 bits per heavy atom. The zero-order chi connectivity index (χ0) is 15.6. The van der Waals surface area contributed by atoms with E-state index in [9.17, 15) is 13.2 Å². The van der Waals surface area contributed by atoms with Gasteiger partial charge in [-0.1, -0.05) is 5.16 Å². The summed E-state index contributed by atoms with van der Waals surface area (Å²) in [6.45, 7) is 1.57. The van der Waals surface area contributed by atoms with Crippen molar-refractivity contribution in [3.05, 3.63) is 35.5 Å². The number of carbonyl (C=O) groups is 1. The summed E-state index contributed by atoms with van der Waals surface area (Å²) in [5.74, 6) is -1.44. The monoisotopic (exact) mass is 312 g/mol. The maximum atomic E-state index is 12.2. The van der Waals surface area contributed by atoms with Crippen molar-refractivity contribution >= 4 is 15.8 Å². The second-order valence-electron chi connectivity index (χ2n) is 4.16. The predicted molar refractivity (Wildman–Crippen MR) is 69.9 cm³/mol. The van der Waals surface area contributed by atoms with Crippen LogP contribution in [0.15, 0.2) is 27.6 Å². The molecule has 0 saturated heterocycles. The molecule has 0 radical (unpaired) electrons. The molecule has 2 rings (SSSR count). The van der Waals surface area contributed by atoms with Crippen LogP contribution in [-0.4, -0.2) is 36.7 Å². The largest absolute Gasteiger partial charge is 0.496 e. The van der Waals surface area contributed by atoms with Crippen LogP contribution in [0.1, 0.15) is 22.1 Å². The predicted octanol–water partition coefficient (Wildman–Crippen LogP) is 1.06. The highest BCUT2D eigenvalue weighted by molar-refractivity contribution is 7.90. The molecule has 8 nitrogen and oxygen atoms in total. The van der Waals surface area contributed by atoms with E-state index in [0.717, 1.165) is 6.07 Å². The first-order valence-corrected chi connectivity index (χ1v) is 7.42. The quantitative estimate of drug-likeness (QED) is 0.870. The first-order chi connectivity index (χ1) is 9.83. The zero-order valence-electron chi connectivity index (χ0n) is 11.2. The van der Waals surface area contributed by atoms with E-state index in [2.05, 4.69) is 10.1 Å². The van der Waals surface area contributed by atoms with E-state index in [0.29, 0.717) is 5.82 Å². The molecule has 1 aromatic carbocycles. The number of ether oxygens (including phenoxy) is 1. The van der Waals surface area contributed by atoms with Crippen LogP contribution in [0, 0.1) is 6.92 Å². The van der Waals surface area contributed by atoms with Crippen molar-refractivity contribution in [2.75, 3.05) is 7.11 Å². The van der Waals surface area contributed by atoms with Gasteiger partial charge in [0.2, 0.25) is 5.89 Å². The molecule has 0 amide bonds. The second-order valence-corrected chi connectivity index (χ2v) is 6.15. The summed E-state index contributed by atoms with van der Waals surface area (Å²) in [5, 5.41) is 12.6. The molecular formula is C12H12N2O6S. The van der Waals surface area contributed by atoms with E-state index in [1.807, 2.05) is 0 Å². The number of aromatic nitrogens is 2. The molecule has 0 atom stereocenters. The third kappa shape index (κ3) is 3.19. The minimum absolute atomic E-state index is 0.0554. The van der Waals surface area contributed by atoms with Gasteiger partial charge in [-0.3, -0.25) is 0 Å². The Morgan fingerprint density at radius 3 is 2.67 bits per heavy atom. The van der Waals surface area contributed by atoms with Gasteiger partial charge in [-0.15, -0.1) is 0 Å². The van der Waals surface area contributed by atoms with Crippen molar-refractivity contribution in [2.45, 2.75) is 17.6 Å². The number of hydrogen-bond acceptors (Lipinski definition) is 7. The molecule has 0 unspecified atom stereocenters. The zero-order valence-corrected chi connectivity index (χ0v) is 12.0. The number of sulfone groups is 1. The Morgan fingerprint density at radius 1 is 1.43 bits per heavy atom. The van der Waals surface area contributed by atoms with Crippen LogP contribution < -0.4 is 4.74 Å². The number of carboxylic acids is 1. The Bertz CT molecular complexity index is 781. The van der Waals surface area contributed by atoms with E-state index in [1.54, 1.807) is 6.92 Å². The van der Waals surface area contributed by atoms with Crippen molar-refractivity contribution in [3.8, 4) is 5.75 Å². The van der Waals surface area contributed by atoms with Gasteiger partial charge in [0.25, 0.3) is 0 Å².